The summed E-state index contributed by atoms with van der Waals surface area (Å²) in [5.74, 6) is 0.0535. The van der Waals surface area contributed by atoms with Gasteiger partial charge in [-0.2, -0.15) is 5.10 Å². The smallest absolute Gasteiger partial charge is 0.185 e. The maximum Gasteiger partial charge on any atom is 0.185 e. The number of aromatic nitrogens is 2. The molecule has 0 radical (unpaired) electrons. The Balaban J connectivity index is 2.07. The lowest BCUT2D eigenvalue weighted by atomic mass is 10.1. The molecule has 5 nitrogen and oxygen atoms in total. The molecule has 1 aliphatic heterocycles. The fourth-order valence-corrected chi connectivity index (χ4v) is 1.48. The lowest BCUT2D eigenvalue weighted by Crippen LogP contribution is -2.46. The second kappa shape index (κ2) is 3.89. The monoisotopic (exact) mass is 195 g/mol. The summed E-state index contributed by atoms with van der Waals surface area (Å²) in [4.78, 5) is 11.8. The molecule has 0 aliphatic carbocycles. The standard InChI is InChI=1S/C9H13N3O2/c1-12-5-7(4-11-12)9(13)8-6-14-3-2-10-8/h4-5,8,10H,2-3,6H2,1H3. The van der Waals surface area contributed by atoms with Crippen LogP contribution >= 0.6 is 0 Å². The molecule has 1 aliphatic rings. The van der Waals surface area contributed by atoms with Crippen LogP contribution in [0.15, 0.2) is 12.4 Å². The van der Waals surface area contributed by atoms with Crippen molar-refractivity contribution in [2.75, 3.05) is 19.8 Å². The van der Waals surface area contributed by atoms with Crippen molar-refractivity contribution in [3.63, 3.8) is 0 Å². The third kappa shape index (κ3) is 1.83. The van der Waals surface area contributed by atoms with Gasteiger partial charge in [0.2, 0.25) is 0 Å². The number of morpholine rings is 1. The molecule has 1 saturated heterocycles. The summed E-state index contributed by atoms with van der Waals surface area (Å²) in [6, 6.07) is -0.215. The first-order valence-electron chi connectivity index (χ1n) is 4.61. The van der Waals surface area contributed by atoms with Crippen molar-refractivity contribution in [3.8, 4) is 0 Å². The molecule has 14 heavy (non-hydrogen) atoms. The quantitative estimate of drug-likeness (QED) is 0.652. The number of ketones is 1. The van der Waals surface area contributed by atoms with E-state index in [9.17, 15) is 4.79 Å². The Morgan fingerprint density at radius 3 is 3.21 bits per heavy atom. The zero-order valence-corrected chi connectivity index (χ0v) is 8.06. The molecule has 1 unspecified atom stereocenters. The highest BCUT2D eigenvalue weighted by Gasteiger charge is 2.23. The topological polar surface area (TPSA) is 56.1 Å². The van der Waals surface area contributed by atoms with Gasteiger partial charge in [-0.05, 0) is 0 Å². The summed E-state index contributed by atoms with van der Waals surface area (Å²) in [6.07, 6.45) is 3.30. The summed E-state index contributed by atoms with van der Waals surface area (Å²) in [7, 11) is 1.79. The van der Waals surface area contributed by atoms with Gasteiger partial charge in [-0.15, -0.1) is 0 Å². The van der Waals surface area contributed by atoms with Crippen molar-refractivity contribution in [1.82, 2.24) is 15.1 Å². The highest BCUT2D eigenvalue weighted by molar-refractivity contribution is 5.99. The Kier molecular flexibility index (Phi) is 2.60. The fraction of sp³-hybridized carbons (Fsp3) is 0.556. The molecule has 1 N–H and O–H groups in total. The van der Waals surface area contributed by atoms with Gasteiger partial charge < -0.3 is 10.1 Å². The lowest BCUT2D eigenvalue weighted by Gasteiger charge is -2.21. The minimum absolute atomic E-state index is 0.0535. The molecule has 1 aromatic rings. The Bertz CT molecular complexity index is 329. The molecule has 0 saturated carbocycles. The summed E-state index contributed by atoms with van der Waals surface area (Å²) in [5.41, 5.74) is 0.635. The van der Waals surface area contributed by atoms with E-state index >= 15 is 0 Å². The van der Waals surface area contributed by atoms with Crippen LogP contribution < -0.4 is 5.32 Å². The van der Waals surface area contributed by atoms with E-state index in [4.69, 9.17) is 4.74 Å². The van der Waals surface area contributed by atoms with Crippen LogP contribution in [0.3, 0.4) is 0 Å². The number of ether oxygens (including phenoxy) is 1. The van der Waals surface area contributed by atoms with E-state index in [1.54, 1.807) is 24.1 Å². The van der Waals surface area contributed by atoms with Crippen molar-refractivity contribution >= 4 is 5.78 Å². The molecule has 2 heterocycles. The lowest BCUT2D eigenvalue weighted by molar-refractivity contribution is 0.0607. The van der Waals surface area contributed by atoms with Gasteiger partial charge in [0.05, 0.1) is 31.0 Å². The Morgan fingerprint density at radius 2 is 2.64 bits per heavy atom. The van der Waals surface area contributed by atoms with Crippen LogP contribution in [0.5, 0.6) is 0 Å². The van der Waals surface area contributed by atoms with E-state index in [2.05, 4.69) is 10.4 Å². The van der Waals surface area contributed by atoms with Crippen LogP contribution in [0.2, 0.25) is 0 Å². The van der Waals surface area contributed by atoms with Gasteiger partial charge in [-0.3, -0.25) is 9.48 Å². The van der Waals surface area contributed by atoms with E-state index in [1.807, 2.05) is 0 Å². The zero-order valence-electron chi connectivity index (χ0n) is 8.06. The Morgan fingerprint density at radius 1 is 1.79 bits per heavy atom. The van der Waals surface area contributed by atoms with Gasteiger partial charge in [0, 0.05) is 19.8 Å². The third-order valence-electron chi connectivity index (χ3n) is 2.23. The Labute approximate surface area is 82.0 Å². The van der Waals surface area contributed by atoms with E-state index in [1.165, 1.54) is 0 Å². The highest BCUT2D eigenvalue weighted by Crippen LogP contribution is 2.04. The van der Waals surface area contributed by atoms with E-state index in [0.29, 0.717) is 18.8 Å². The SMILES string of the molecule is Cn1cc(C(=O)C2COCCN2)cn1. The molecule has 1 fully saturated rings. The van der Waals surface area contributed by atoms with Crippen LogP contribution in [0, 0.1) is 0 Å². The molecular formula is C9H13N3O2. The predicted molar refractivity (Wildman–Crippen MR) is 50.1 cm³/mol. The number of nitrogens with zero attached hydrogens (tertiary/aromatic N) is 2. The molecule has 0 spiro atoms. The number of aryl methyl sites for hydroxylation is 1. The van der Waals surface area contributed by atoms with E-state index < -0.39 is 0 Å². The molecule has 0 bridgehead atoms. The van der Waals surface area contributed by atoms with Crippen molar-refractivity contribution in [1.29, 1.82) is 0 Å². The first kappa shape index (κ1) is 9.36. The third-order valence-corrected chi connectivity index (χ3v) is 2.23. The second-order valence-corrected chi connectivity index (χ2v) is 3.35. The van der Waals surface area contributed by atoms with Gasteiger partial charge in [0.1, 0.15) is 0 Å². The molecule has 2 rings (SSSR count). The summed E-state index contributed by atoms with van der Waals surface area (Å²) < 4.78 is 6.84. The summed E-state index contributed by atoms with van der Waals surface area (Å²) >= 11 is 0. The number of Topliss-reactive ketones (excluding diaryl/α,β-unsaturated/α-hetero) is 1. The molecule has 0 amide bonds. The predicted octanol–water partition coefficient (Wildman–Crippen LogP) is -0.409. The first-order valence-corrected chi connectivity index (χ1v) is 4.61. The highest BCUT2D eigenvalue weighted by atomic mass is 16.5. The van der Waals surface area contributed by atoms with Crippen molar-refractivity contribution in [2.24, 2.45) is 7.05 Å². The van der Waals surface area contributed by atoms with Crippen molar-refractivity contribution in [2.45, 2.75) is 6.04 Å². The molecule has 1 aromatic heterocycles. The first-order chi connectivity index (χ1) is 6.77. The average Bonchev–Trinajstić information content (AvgIpc) is 2.65. The molecule has 5 heteroatoms. The van der Waals surface area contributed by atoms with Crippen molar-refractivity contribution < 1.29 is 9.53 Å². The largest absolute Gasteiger partial charge is 0.378 e. The van der Waals surface area contributed by atoms with E-state index in [0.717, 1.165) is 6.54 Å². The van der Waals surface area contributed by atoms with Crippen molar-refractivity contribution in [3.05, 3.63) is 18.0 Å². The fourth-order valence-electron chi connectivity index (χ4n) is 1.48. The number of nitrogens with one attached hydrogen (secondary N) is 1. The summed E-state index contributed by atoms with van der Waals surface area (Å²) in [6.45, 7) is 1.86. The number of hydrogen-bond acceptors (Lipinski definition) is 4. The number of hydrogen-bond donors (Lipinski definition) is 1. The Hall–Kier alpha value is -1.20. The van der Waals surface area contributed by atoms with Gasteiger partial charge in [-0.25, -0.2) is 0 Å². The number of rotatable bonds is 2. The normalized spacial score (nSPS) is 22.2. The van der Waals surface area contributed by atoms with Gasteiger partial charge in [0.25, 0.3) is 0 Å². The van der Waals surface area contributed by atoms with Crippen LogP contribution in [0.1, 0.15) is 10.4 Å². The maximum atomic E-state index is 11.8. The zero-order chi connectivity index (χ0) is 9.97. The van der Waals surface area contributed by atoms with Gasteiger partial charge >= 0.3 is 0 Å². The molecule has 76 valence electrons. The molecule has 1 atom stereocenters. The van der Waals surface area contributed by atoms with Crippen LogP contribution in [-0.4, -0.2) is 41.4 Å². The maximum absolute atomic E-state index is 11.8. The average molecular weight is 195 g/mol. The summed E-state index contributed by atoms with van der Waals surface area (Å²) in [5, 5.41) is 7.07. The minimum Gasteiger partial charge on any atom is -0.378 e. The molecular weight excluding hydrogens is 182 g/mol. The second-order valence-electron chi connectivity index (χ2n) is 3.35. The minimum atomic E-state index is -0.215. The molecule has 0 aromatic carbocycles. The van der Waals surface area contributed by atoms with Gasteiger partial charge in [0.15, 0.2) is 5.78 Å². The number of carbonyl (C=O) groups excluding carboxylic acids is 1. The number of carbonyl (C=O) groups is 1. The van der Waals surface area contributed by atoms with Gasteiger partial charge in [-0.1, -0.05) is 0 Å². The van der Waals surface area contributed by atoms with Crippen LogP contribution in [0.4, 0.5) is 0 Å². The van der Waals surface area contributed by atoms with E-state index in [-0.39, 0.29) is 11.8 Å². The van der Waals surface area contributed by atoms with Crippen LogP contribution in [-0.2, 0) is 11.8 Å². The van der Waals surface area contributed by atoms with Crippen LogP contribution in [0.25, 0.3) is 0 Å².